The molecule has 1 amide bonds. The number of fused-ring (bicyclic) bond motifs is 2. The normalized spacial score (nSPS) is 21.8. The number of rotatable bonds is 0. The number of carbonyl (C=O) groups is 1. The molecule has 2 aliphatic rings. The summed E-state index contributed by atoms with van der Waals surface area (Å²) in [5, 5.41) is 3.00. The van der Waals surface area contributed by atoms with Gasteiger partial charge in [0.15, 0.2) is 0 Å². The van der Waals surface area contributed by atoms with E-state index in [1.807, 2.05) is 12.1 Å². The van der Waals surface area contributed by atoms with Crippen molar-refractivity contribution in [1.29, 1.82) is 0 Å². The zero-order valence-electron chi connectivity index (χ0n) is 8.35. The van der Waals surface area contributed by atoms with Crippen LogP contribution in [-0.2, 0) is 5.41 Å². The van der Waals surface area contributed by atoms with E-state index in [4.69, 9.17) is 0 Å². The van der Waals surface area contributed by atoms with Crippen LogP contribution in [0, 0.1) is 0 Å². The maximum Gasteiger partial charge on any atom is 0.251 e. The number of hydrogen-bond acceptors (Lipinski definition) is 1. The van der Waals surface area contributed by atoms with Gasteiger partial charge in [-0.15, -0.1) is 0 Å². The lowest BCUT2D eigenvalue weighted by Crippen LogP contribution is -2.50. The third-order valence-electron chi connectivity index (χ3n) is 3.70. The first-order valence-electron chi connectivity index (χ1n) is 5.30. The van der Waals surface area contributed by atoms with Crippen LogP contribution < -0.4 is 5.32 Å². The van der Waals surface area contributed by atoms with Gasteiger partial charge in [0, 0.05) is 22.0 Å². The summed E-state index contributed by atoms with van der Waals surface area (Å²) in [7, 11) is 0. The van der Waals surface area contributed by atoms with Gasteiger partial charge in [-0.05, 0) is 36.6 Å². The van der Waals surface area contributed by atoms with E-state index in [1.54, 1.807) is 0 Å². The van der Waals surface area contributed by atoms with Crippen LogP contribution in [0.1, 0.15) is 35.2 Å². The lowest BCUT2D eigenvalue weighted by atomic mass is 9.62. The van der Waals surface area contributed by atoms with Crippen molar-refractivity contribution < 1.29 is 4.79 Å². The Morgan fingerprint density at radius 2 is 2.13 bits per heavy atom. The number of benzene rings is 1. The Morgan fingerprint density at radius 3 is 2.80 bits per heavy atom. The molecule has 0 aromatic heterocycles. The summed E-state index contributed by atoms with van der Waals surface area (Å²) in [6, 6.07) is 5.98. The van der Waals surface area contributed by atoms with E-state index in [0.717, 1.165) is 16.6 Å². The van der Waals surface area contributed by atoms with E-state index in [2.05, 4.69) is 27.3 Å². The zero-order chi connectivity index (χ0) is 10.5. The van der Waals surface area contributed by atoms with Crippen LogP contribution in [0.4, 0.5) is 0 Å². The minimum Gasteiger partial charge on any atom is -0.351 e. The van der Waals surface area contributed by atoms with Crippen molar-refractivity contribution in [3.63, 3.8) is 0 Å². The molecule has 3 heteroatoms. The Morgan fingerprint density at radius 1 is 1.33 bits per heavy atom. The van der Waals surface area contributed by atoms with Gasteiger partial charge in [0.05, 0.1) is 0 Å². The molecule has 1 saturated carbocycles. The Bertz CT molecular complexity index is 437. The molecule has 15 heavy (non-hydrogen) atoms. The molecular weight excluding hydrogens is 254 g/mol. The molecule has 78 valence electrons. The average molecular weight is 266 g/mol. The quantitative estimate of drug-likeness (QED) is 0.768. The number of amides is 1. The molecule has 1 aliphatic carbocycles. The van der Waals surface area contributed by atoms with Crippen LogP contribution in [0.2, 0.25) is 0 Å². The summed E-state index contributed by atoms with van der Waals surface area (Å²) < 4.78 is 1.07. The molecule has 0 bridgehead atoms. The maximum atomic E-state index is 11.7. The predicted octanol–water partition coefficient (Wildman–Crippen LogP) is 2.61. The van der Waals surface area contributed by atoms with E-state index < -0.39 is 0 Å². The molecule has 1 spiro atoms. The Kier molecular flexibility index (Phi) is 1.93. The molecule has 0 unspecified atom stereocenters. The van der Waals surface area contributed by atoms with Crippen LogP contribution >= 0.6 is 15.9 Å². The lowest BCUT2D eigenvalue weighted by molar-refractivity contribution is 0.0896. The molecule has 0 atom stereocenters. The Balaban J connectivity index is 2.18. The van der Waals surface area contributed by atoms with Crippen molar-refractivity contribution in [2.24, 2.45) is 0 Å². The number of halogens is 1. The number of nitrogens with one attached hydrogen (secondary N) is 1. The fourth-order valence-electron chi connectivity index (χ4n) is 2.64. The molecular formula is C12H12BrNO. The van der Waals surface area contributed by atoms with Crippen molar-refractivity contribution in [2.45, 2.75) is 24.7 Å². The smallest absolute Gasteiger partial charge is 0.251 e. The first kappa shape index (κ1) is 9.40. The predicted molar refractivity (Wildman–Crippen MR) is 62.0 cm³/mol. The van der Waals surface area contributed by atoms with E-state index in [9.17, 15) is 4.79 Å². The molecule has 1 N–H and O–H groups in total. The highest BCUT2D eigenvalue weighted by Gasteiger charge is 2.43. The molecule has 2 nitrogen and oxygen atoms in total. The minimum atomic E-state index is 0.0787. The second-order valence-electron chi connectivity index (χ2n) is 4.51. The summed E-state index contributed by atoms with van der Waals surface area (Å²) in [6.45, 7) is 0.815. The summed E-state index contributed by atoms with van der Waals surface area (Å²) in [6.07, 6.45) is 3.69. The van der Waals surface area contributed by atoms with Crippen molar-refractivity contribution in [3.05, 3.63) is 33.8 Å². The third-order valence-corrected chi connectivity index (χ3v) is 4.19. The fourth-order valence-corrected chi connectivity index (χ4v) is 3.00. The van der Waals surface area contributed by atoms with Gasteiger partial charge in [0.2, 0.25) is 0 Å². The molecule has 1 aliphatic heterocycles. The van der Waals surface area contributed by atoms with Crippen LogP contribution in [0.5, 0.6) is 0 Å². The number of carbonyl (C=O) groups excluding carboxylic acids is 1. The summed E-state index contributed by atoms with van der Waals surface area (Å²) in [5.41, 5.74) is 2.35. The van der Waals surface area contributed by atoms with Crippen LogP contribution in [-0.4, -0.2) is 12.5 Å². The van der Waals surface area contributed by atoms with E-state index in [-0.39, 0.29) is 11.3 Å². The first-order chi connectivity index (χ1) is 7.21. The van der Waals surface area contributed by atoms with E-state index in [0.29, 0.717) is 0 Å². The first-order valence-corrected chi connectivity index (χ1v) is 6.09. The Hall–Kier alpha value is -0.830. The van der Waals surface area contributed by atoms with Gasteiger partial charge in [0.1, 0.15) is 0 Å². The lowest BCUT2D eigenvalue weighted by Gasteiger charge is -2.46. The fraction of sp³-hybridized carbons (Fsp3) is 0.417. The van der Waals surface area contributed by atoms with Crippen LogP contribution in [0.25, 0.3) is 0 Å². The average Bonchev–Trinajstić information content (AvgIpc) is 2.15. The van der Waals surface area contributed by atoms with Gasteiger partial charge in [0.25, 0.3) is 5.91 Å². The van der Waals surface area contributed by atoms with Crippen molar-refractivity contribution >= 4 is 21.8 Å². The Labute approximate surface area is 97.2 Å². The summed E-state index contributed by atoms with van der Waals surface area (Å²) >= 11 is 3.48. The minimum absolute atomic E-state index is 0.0787. The maximum absolute atomic E-state index is 11.7. The third kappa shape index (κ3) is 1.26. The van der Waals surface area contributed by atoms with Gasteiger partial charge in [-0.3, -0.25) is 4.79 Å². The van der Waals surface area contributed by atoms with Crippen LogP contribution in [0.15, 0.2) is 22.7 Å². The highest BCUT2D eigenvalue weighted by atomic mass is 79.9. The molecule has 1 aromatic carbocycles. The summed E-state index contributed by atoms with van der Waals surface area (Å²) in [4.78, 5) is 11.7. The molecule has 1 heterocycles. The van der Waals surface area contributed by atoms with Crippen molar-refractivity contribution in [2.75, 3.05) is 6.54 Å². The molecule has 1 fully saturated rings. The summed E-state index contributed by atoms with van der Waals surface area (Å²) in [5.74, 6) is 0.0787. The van der Waals surface area contributed by atoms with Gasteiger partial charge in [-0.25, -0.2) is 0 Å². The molecule has 1 aromatic rings. The van der Waals surface area contributed by atoms with Gasteiger partial charge < -0.3 is 5.32 Å². The molecule has 0 saturated heterocycles. The monoisotopic (exact) mass is 265 g/mol. The highest BCUT2D eigenvalue weighted by molar-refractivity contribution is 9.10. The van der Waals surface area contributed by atoms with E-state index >= 15 is 0 Å². The molecule has 3 rings (SSSR count). The second-order valence-corrected chi connectivity index (χ2v) is 5.42. The molecule has 0 radical (unpaired) electrons. The standard InChI is InChI=1S/C12H12BrNO/c13-8-2-3-9-10(6-8)12(4-1-5-12)7-14-11(9)15/h2-3,6H,1,4-5,7H2,(H,14,15). The van der Waals surface area contributed by atoms with Gasteiger partial charge >= 0.3 is 0 Å². The SMILES string of the molecule is O=C1NCC2(CCC2)c2cc(Br)ccc21. The van der Waals surface area contributed by atoms with Gasteiger partial charge in [-0.2, -0.15) is 0 Å². The largest absolute Gasteiger partial charge is 0.351 e. The van der Waals surface area contributed by atoms with Crippen molar-refractivity contribution in [3.8, 4) is 0 Å². The van der Waals surface area contributed by atoms with E-state index in [1.165, 1.54) is 24.8 Å². The highest BCUT2D eigenvalue weighted by Crippen LogP contribution is 2.46. The topological polar surface area (TPSA) is 29.1 Å². The number of hydrogen-bond donors (Lipinski definition) is 1. The zero-order valence-corrected chi connectivity index (χ0v) is 9.93. The second kappa shape index (κ2) is 3.08. The van der Waals surface area contributed by atoms with Crippen molar-refractivity contribution in [1.82, 2.24) is 5.32 Å². The van der Waals surface area contributed by atoms with Crippen LogP contribution in [0.3, 0.4) is 0 Å². The van der Waals surface area contributed by atoms with Gasteiger partial charge in [-0.1, -0.05) is 22.4 Å².